The van der Waals surface area contributed by atoms with Crippen molar-refractivity contribution in [3.63, 3.8) is 0 Å². The molecule has 0 saturated carbocycles. The minimum Gasteiger partial charge on any atom is -0.364 e. The summed E-state index contributed by atoms with van der Waals surface area (Å²) >= 11 is 1.47. The van der Waals surface area contributed by atoms with E-state index < -0.39 is 0 Å². The number of pyridine rings is 1. The average Bonchev–Trinajstić information content (AvgIpc) is 3.23. The van der Waals surface area contributed by atoms with Crippen molar-refractivity contribution in [1.82, 2.24) is 15.0 Å². The predicted molar refractivity (Wildman–Crippen MR) is 113 cm³/mol. The van der Waals surface area contributed by atoms with Crippen LogP contribution in [0.1, 0.15) is 38.4 Å². The fourth-order valence-electron chi connectivity index (χ4n) is 2.33. The molecule has 0 aliphatic carbocycles. The van der Waals surface area contributed by atoms with Crippen LogP contribution in [0.5, 0.6) is 0 Å². The lowest BCUT2D eigenvalue weighted by Crippen LogP contribution is -2.06. The Morgan fingerprint density at radius 2 is 2.04 bits per heavy atom. The summed E-state index contributed by atoms with van der Waals surface area (Å²) in [5.74, 6) is 0. The van der Waals surface area contributed by atoms with Gasteiger partial charge in [-0.25, -0.2) is 4.98 Å². The van der Waals surface area contributed by atoms with Crippen molar-refractivity contribution in [2.45, 2.75) is 34.1 Å². The van der Waals surface area contributed by atoms with Crippen LogP contribution in [-0.2, 0) is 0 Å². The summed E-state index contributed by atoms with van der Waals surface area (Å²) in [7, 11) is 0. The monoisotopic (exact) mass is 367 g/mol. The first kappa shape index (κ1) is 19.7. The summed E-state index contributed by atoms with van der Waals surface area (Å²) in [4.78, 5) is 22.5. The fraction of sp³-hybridized carbons (Fsp3) is 0.238. The van der Waals surface area contributed by atoms with E-state index in [2.05, 4.69) is 41.5 Å². The summed E-state index contributed by atoms with van der Waals surface area (Å²) in [5, 5.41) is 2.70. The zero-order chi connectivity index (χ0) is 19.1. The van der Waals surface area contributed by atoms with Gasteiger partial charge in [0.05, 0.1) is 11.3 Å². The molecule has 0 atom stereocenters. The molecular weight excluding hydrogens is 342 g/mol. The molecular formula is C21H25N3OS. The molecule has 3 rings (SSSR count). The van der Waals surface area contributed by atoms with E-state index in [-0.39, 0.29) is 5.56 Å². The molecule has 26 heavy (non-hydrogen) atoms. The first-order valence-corrected chi connectivity index (χ1v) is 9.52. The van der Waals surface area contributed by atoms with Gasteiger partial charge in [0.1, 0.15) is 5.01 Å². The van der Waals surface area contributed by atoms with Crippen molar-refractivity contribution >= 4 is 17.4 Å². The van der Waals surface area contributed by atoms with E-state index in [9.17, 15) is 4.79 Å². The predicted octanol–water partition coefficient (Wildman–Crippen LogP) is 5.81. The number of hydrogen-bond acceptors (Lipinski definition) is 3. The van der Waals surface area contributed by atoms with Gasteiger partial charge in [-0.15, -0.1) is 11.3 Å². The molecule has 3 aromatic heterocycles. The Hall–Kier alpha value is -2.66. The van der Waals surface area contributed by atoms with Gasteiger partial charge in [0.25, 0.3) is 5.56 Å². The van der Waals surface area contributed by atoms with Gasteiger partial charge in [0, 0.05) is 34.6 Å². The van der Waals surface area contributed by atoms with E-state index in [1.165, 1.54) is 17.8 Å². The summed E-state index contributed by atoms with van der Waals surface area (Å²) < 4.78 is 0. The van der Waals surface area contributed by atoms with Crippen LogP contribution in [0.25, 0.3) is 27.9 Å². The first-order valence-electron chi connectivity index (χ1n) is 8.64. The number of H-pyrrole nitrogens is 2. The summed E-state index contributed by atoms with van der Waals surface area (Å²) in [5.41, 5.74) is 5.62. The molecule has 0 spiro atoms. The molecule has 3 aromatic rings. The van der Waals surface area contributed by atoms with Gasteiger partial charge in [-0.2, -0.15) is 0 Å². The topological polar surface area (TPSA) is 61.5 Å². The van der Waals surface area contributed by atoms with Crippen LogP contribution in [0.2, 0.25) is 0 Å². The SMILES string of the molecule is C=C/C(C)=C\c1c(-c2csc(-c3ccc[nH]c3=O)n2)c[nH]c1C.CCC. The van der Waals surface area contributed by atoms with Crippen molar-refractivity contribution in [2.75, 3.05) is 0 Å². The second-order valence-electron chi connectivity index (χ2n) is 5.99. The normalized spacial score (nSPS) is 11.0. The Morgan fingerprint density at radius 1 is 1.31 bits per heavy atom. The molecule has 0 radical (unpaired) electrons. The highest BCUT2D eigenvalue weighted by atomic mass is 32.1. The standard InChI is InChI=1S/C18H17N3OS.C3H8/c1-4-11(2)8-14-12(3)20-9-15(14)16-10-23-18(21-16)13-6-5-7-19-17(13)22;1-3-2/h4-10,20H,1H2,2-3H3,(H,19,22);3H2,1-2H3/b11-8-;. The molecule has 0 fully saturated rings. The lowest BCUT2D eigenvalue weighted by molar-refractivity contribution is 1.09. The highest BCUT2D eigenvalue weighted by Gasteiger charge is 2.14. The van der Waals surface area contributed by atoms with Crippen LogP contribution in [0, 0.1) is 6.92 Å². The molecule has 0 saturated heterocycles. The molecule has 2 N–H and O–H groups in total. The third-order valence-electron chi connectivity index (χ3n) is 3.65. The van der Waals surface area contributed by atoms with Gasteiger partial charge in [-0.1, -0.05) is 38.5 Å². The van der Waals surface area contributed by atoms with E-state index in [4.69, 9.17) is 0 Å². The van der Waals surface area contributed by atoms with E-state index in [0.717, 1.165) is 33.1 Å². The average molecular weight is 368 g/mol. The van der Waals surface area contributed by atoms with Crippen molar-refractivity contribution in [3.05, 3.63) is 69.7 Å². The number of allylic oxidation sites excluding steroid dienone is 2. The number of aromatic nitrogens is 3. The number of aryl methyl sites for hydroxylation is 1. The second kappa shape index (κ2) is 9.15. The van der Waals surface area contributed by atoms with Gasteiger partial charge in [0.2, 0.25) is 0 Å². The third-order valence-corrected chi connectivity index (χ3v) is 4.53. The molecule has 3 heterocycles. The van der Waals surface area contributed by atoms with Gasteiger partial charge in [0.15, 0.2) is 0 Å². The fourth-order valence-corrected chi connectivity index (χ4v) is 3.18. The van der Waals surface area contributed by atoms with Crippen LogP contribution in [0.15, 0.2) is 52.9 Å². The number of nitrogens with zero attached hydrogens (tertiary/aromatic N) is 1. The first-order chi connectivity index (χ1) is 12.5. The largest absolute Gasteiger partial charge is 0.364 e. The number of nitrogens with one attached hydrogen (secondary N) is 2. The van der Waals surface area contributed by atoms with Crippen molar-refractivity contribution in [3.8, 4) is 21.8 Å². The molecule has 0 unspecified atom stereocenters. The maximum Gasteiger partial charge on any atom is 0.258 e. The lowest BCUT2D eigenvalue weighted by atomic mass is 10.1. The van der Waals surface area contributed by atoms with Gasteiger partial charge < -0.3 is 9.97 Å². The molecule has 136 valence electrons. The summed E-state index contributed by atoms with van der Waals surface area (Å²) in [6.07, 6.45) is 8.73. The minimum absolute atomic E-state index is 0.124. The van der Waals surface area contributed by atoms with E-state index >= 15 is 0 Å². The number of thiazole rings is 1. The Morgan fingerprint density at radius 3 is 2.69 bits per heavy atom. The van der Waals surface area contributed by atoms with Crippen LogP contribution in [-0.4, -0.2) is 15.0 Å². The van der Waals surface area contributed by atoms with E-state index in [1.807, 2.05) is 31.5 Å². The van der Waals surface area contributed by atoms with E-state index in [1.54, 1.807) is 18.3 Å². The number of rotatable bonds is 4. The summed E-state index contributed by atoms with van der Waals surface area (Å²) in [6.45, 7) is 12.1. The van der Waals surface area contributed by atoms with Crippen LogP contribution >= 0.6 is 11.3 Å². The minimum atomic E-state index is -0.124. The van der Waals surface area contributed by atoms with Crippen LogP contribution in [0.4, 0.5) is 0 Å². The Bertz CT molecular complexity index is 960. The summed E-state index contributed by atoms with van der Waals surface area (Å²) in [6, 6.07) is 3.59. The zero-order valence-electron chi connectivity index (χ0n) is 15.7. The lowest BCUT2D eigenvalue weighted by Gasteiger charge is -1.99. The number of hydrogen-bond donors (Lipinski definition) is 2. The molecule has 0 aromatic carbocycles. The highest BCUT2D eigenvalue weighted by molar-refractivity contribution is 7.13. The Balaban J connectivity index is 0.000000758. The molecule has 0 aliphatic heterocycles. The third kappa shape index (κ3) is 4.49. The molecule has 0 aliphatic rings. The van der Waals surface area contributed by atoms with Crippen LogP contribution < -0.4 is 5.56 Å². The molecule has 5 heteroatoms. The quantitative estimate of drug-likeness (QED) is 0.572. The van der Waals surface area contributed by atoms with Gasteiger partial charge in [-0.05, 0) is 32.1 Å². The number of aromatic amines is 2. The Kier molecular flexibility index (Phi) is 6.92. The highest BCUT2D eigenvalue weighted by Crippen LogP contribution is 2.31. The zero-order valence-corrected chi connectivity index (χ0v) is 16.5. The maximum atomic E-state index is 11.9. The Labute approximate surface area is 158 Å². The van der Waals surface area contributed by atoms with Crippen molar-refractivity contribution in [1.29, 1.82) is 0 Å². The van der Waals surface area contributed by atoms with Crippen molar-refractivity contribution in [2.24, 2.45) is 0 Å². The maximum absolute atomic E-state index is 11.9. The van der Waals surface area contributed by atoms with E-state index in [0.29, 0.717) is 5.56 Å². The van der Waals surface area contributed by atoms with Crippen LogP contribution in [0.3, 0.4) is 0 Å². The molecule has 4 nitrogen and oxygen atoms in total. The van der Waals surface area contributed by atoms with Crippen molar-refractivity contribution < 1.29 is 0 Å². The van der Waals surface area contributed by atoms with Gasteiger partial charge in [-0.3, -0.25) is 4.79 Å². The molecule has 0 amide bonds. The van der Waals surface area contributed by atoms with Gasteiger partial charge >= 0.3 is 0 Å². The second-order valence-corrected chi connectivity index (χ2v) is 6.85. The smallest absolute Gasteiger partial charge is 0.258 e. The molecule has 0 bridgehead atoms.